The third-order valence-electron chi connectivity index (χ3n) is 2.97. The minimum Gasteiger partial charge on any atom is -0.322 e. The van der Waals surface area contributed by atoms with Crippen molar-refractivity contribution >= 4 is 23.4 Å². The molecule has 0 aliphatic rings. The number of rotatable bonds is 4. The van der Waals surface area contributed by atoms with Gasteiger partial charge in [0.1, 0.15) is 0 Å². The van der Waals surface area contributed by atoms with Gasteiger partial charge in [-0.2, -0.15) is 13.2 Å². The van der Waals surface area contributed by atoms with E-state index in [0.717, 1.165) is 18.2 Å². The second kappa shape index (κ2) is 6.95. The fourth-order valence-electron chi connectivity index (χ4n) is 1.87. The Balaban J connectivity index is 2.08. The molecule has 0 radical (unpaired) electrons. The van der Waals surface area contributed by atoms with E-state index < -0.39 is 22.6 Å². The first-order valence-corrected chi connectivity index (χ1v) is 6.66. The van der Waals surface area contributed by atoms with Gasteiger partial charge in [0.15, 0.2) is 0 Å². The summed E-state index contributed by atoms with van der Waals surface area (Å²) in [5.74, 6) is -0.652. The number of anilines is 1. The zero-order chi connectivity index (χ0) is 17.7. The Bertz CT molecular complexity index is 801. The monoisotopic (exact) mass is 336 g/mol. The number of nitro groups is 1. The molecular formula is C16H11F3N2O3. The molecule has 0 spiro atoms. The van der Waals surface area contributed by atoms with Crippen LogP contribution in [0.3, 0.4) is 0 Å². The first-order valence-electron chi connectivity index (χ1n) is 6.66. The summed E-state index contributed by atoms with van der Waals surface area (Å²) >= 11 is 0. The molecule has 24 heavy (non-hydrogen) atoms. The van der Waals surface area contributed by atoms with Crippen molar-refractivity contribution < 1.29 is 22.9 Å². The van der Waals surface area contributed by atoms with Gasteiger partial charge in [-0.15, -0.1) is 0 Å². The summed E-state index contributed by atoms with van der Waals surface area (Å²) in [6, 6.07) is 9.82. The molecule has 2 aromatic carbocycles. The van der Waals surface area contributed by atoms with Crippen LogP contribution in [-0.4, -0.2) is 10.8 Å². The van der Waals surface area contributed by atoms with Gasteiger partial charge in [0.25, 0.3) is 5.69 Å². The molecule has 8 heteroatoms. The first kappa shape index (κ1) is 17.2. The van der Waals surface area contributed by atoms with E-state index in [1.807, 2.05) is 0 Å². The highest BCUT2D eigenvalue weighted by Gasteiger charge is 2.30. The third-order valence-corrected chi connectivity index (χ3v) is 2.97. The summed E-state index contributed by atoms with van der Waals surface area (Å²) in [7, 11) is 0. The van der Waals surface area contributed by atoms with Crippen molar-refractivity contribution in [2.45, 2.75) is 6.18 Å². The van der Waals surface area contributed by atoms with Crippen molar-refractivity contribution in [1.29, 1.82) is 0 Å². The van der Waals surface area contributed by atoms with Gasteiger partial charge >= 0.3 is 6.18 Å². The van der Waals surface area contributed by atoms with Crippen molar-refractivity contribution in [3.63, 3.8) is 0 Å². The molecule has 0 saturated heterocycles. The lowest BCUT2D eigenvalue weighted by atomic mass is 10.2. The predicted octanol–water partition coefficient (Wildman–Crippen LogP) is 4.27. The van der Waals surface area contributed by atoms with E-state index in [1.54, 1.807) is 6.07 Å². The van der Waals surface area contributed by atoms with E-state index in [1.165, 1.54) is 36.4 Å². The fraction of sp³-hybridized carbons (Fsp3) is 0.0625. The van der Waals surface area contributed by atoms with E-state index in [4.69, 9.17) is 0 Å². The molecule has 124 valence electrons. The average Bonchev–Trinajstić information content (AvgIpc) is 2.52. The lowest BCUT2D eigenvalue weighted by Gasteiger charge is -2.08. The summed E-state index contributed by atoms with van der Waals surface area (Å²) in [6.07, 6.45) is -2.09. The van der Waals surface area contributed by atoms with E-state index in [-0.39, 0.29) is 11.4 Å². The van der Waals surface area contributed by atoms with Gasteiger partial charge < -0.3 is 5.32 Å². The Kier molecular flexibility index (Phi) is 4.98. The number of nitrogens with zero attached hydrogens (tertiary/aromatic N) is 1. The number of carbonyl (C=O) groups is 1. The smallest absolute Gasteiger partial charge is 0.322 e. The second-order valence-corrected chi connectivity index (χ2v) is 4.75. The molecule has 0 bridgehead atoms. The van der Waals surface area contributed by atoms with Crippen molar-refractivity contribution in [2.75, 3.05) is 5.32 Å². The highest BCUT2D eigenvalue weighted by molar-refractivity contribution is 6.02. The van der Waals surface area contributed by atoms with Gasteiger partial charge in [0.05, 0.1) is 10.5 Å². The molecule has 0 aliphatic heterocycles. The van der Waals surface area contributed by atoms with E-state index >= 15 is 0 Å². The molecule has 5 nitrogen and oxygen atoms in total. The van der Waals surface area contributed by atoms with E-state index in [9.17, 15) is 28.1 Å². The van der Waals surface area contributed by atoms with Crippen molar-refractivity contribution in [2.24, 2.45) is 0 Å². The fourth-order valence-corrected chi connectivity index (χ4v) is 1.87. The van der Waals surface area contributed by atoms with Crippen LogP contribution in [0.15, 0.2) is 54.6 Å². The summed E-state index contributed by atoms with van der Waals surface area (Å²) in [6.45, 7) is 0. The Morgan fingerprint density at radius 3 is 2.50 bits per heavy atom. The SMILES string of the molecule is O=C(C=Cc1cccc([N+](=O)[O-])c1)Nc1cccc(C(F)(F)F)c1. The molecular weight excluding hydrogens is 325 g/mol. The molecule has 2 rings (SSSR count). The molecule has 0 aliphatic carbocycles. The maximum atomic E-state index is 12.6. The Morgan fingerprint density at radius 2 is 1.83 bits per heavy atom. The highest BCUT2D eigenvalue weighted by Crippen LogP contribution is 2.30. The molecule has 0 aromatic heterocycles. The normalized spacial score (nSPS) is 11.5. The van der Waals surface area contributed by atoms with Crippen LogP contribution in [0.25, 0.3) is 6.08 Å². The van der Waals surface area contributed by atoms with Gasteiger partial charge in [0, 0.05) is 23.9 Å². The lowest BCUT2D eigenvalue weighted by molar-refractivity contribution is -0.384. The Hall–Kier alpha value is -3.16. The van der Waals surface area contributed by atoms with Crippen LogP contribution in [0.5, 0.6) is 0 Å². The number of alkyl halides is 3. The van der Waals surface area contributed by atoms with Gasteiger partial charge in [-0.25, -0.2) is 0 Å². The van der Waals surface area contributed by atoms with E-state index in [2.05, 4.69) is 5.32 Å². The number of hydrogen-bond donors (Lipinski definition) is 1. The average molecular weight is 336 g/mol. The molecule has 1 N–H and O–H groups in total. The number of non-ortho nitro benzene ring substituents is 1. The Labute approximate surface area is 134 Å². The van der Waals surface area contributed by atoms with Gasteiger partial charge in [-0.05, 0) is 29.8 Å². The van der Waals surface area contributed by atoms with Crippen molar-refractivity contribution in [3.8, 4) is 0 Å². The highest BCUT2D eigenvalue weighted by atomic mass is 19.4. The lowest BCUT2D eigenvalue weighted by Crippen LogP contribution is -2.10. The van der Waals surface area contributed by atoms with Crippen LogP contribution in [-0.2, 0) is 11.0 Å². The number of benzene rings is 2. The third kappa shape index (κ3) is 4.67. The van der Waals surface area contributed by atoms with Crippen LogP contribution in [0.4, 0.5) is 24.5 Å². The molecule has 2 aromatic rings. The number of halogens is 3. The van der Waals surface area contributed by atoms with Crippen LogP contribution in [0.2, 0.25) is 0 Å². The number of amides is 1. The number of hydrogen-bond acceptors (Lipinski definition) is 3. The maximum Gasteiger partial charge on any atom is 0.416 e. The zero-order valence-electron chi connectivity index (χ0n) is 12.1. The molecule has 0 atom stereocenters. The number of nitrogens with one attached hydrogen (secondary N) is 1. The zero-order valence-corrected chi connectivity index (χ0v) is 12.1. The molecule has 1 amide bonds. The van der Waals surface area contributed by atoms with Gasteiger partial charge in [0.2, 0.25) is 5.91 Å². The van der Waals surface area contributed by atoms with Crippen molar-refractivity contribution in [3.05, 3.63) is 75.8 Å². The van der Waals surface area contributed by atoms with E-state index in [0.29, 0.717) is 5.56 Å². The van der Waals surface area contributed by atoms with Crippen LogP contribution in [0, 0.1) is 10.1 Å². The predicted molar refractivity (Wildman–Crippen MR) is 82.2 cm³/mol. The second-order valence-electron chi connectivity index (χ2n) is 4.75. The molecule has 0 unspecified atom stereocenters. The first-order chi connectivity index (χ1) is 11.3. The van der Waals surface area contributed by atoms with Crippen molar-refractivity contribution in [1.82, 2.24) is 0 Å². The Morgan fingerprint density at radius 1 is 1.12 bits per heavy atom. The van der Waals surface area contributed by atoms with Crippen LogP contribution >= 0.6 is 0 Å². The minimum atomic E-state index is -4.50. The minimum absolute atomic E-state index is 0.00137. The largest absolute Gasteiger partial charge is 0.416 e. The number of nitro benzene ring substituents is 1. The summed E-state index contributed by atoms with van der Waals surface area (Å²) in [5, 5.41) is 13.0. The summed E-state index contributed by atoms with van der Waals surface area (Å²) in [4.78, 5) is 21.8. The quantitative estimate of drug-likeness (QED) is 0.515. The van der Waals surface area contributed by atoms with Crippen LogP contribution in [0.1, 0.15) is 11.1 Å². The van der Waals surface area contributed by atoms with Gasteiger partial charge in [-0.1, -0.05) is 18.2 Å². The number of carbonyl (C=O) groups excluding carboxylic acids is 1. The topological polar surface area (TPSA) is 72.2 Å². The molecule has 0 heterocycles. The summed E-state index contributed by atoms with van der Waals surface area (Å²) in [5.41, 5.74) is -0.583. The standard InChI is InChI=1S/C16H11F3N2O3/c17-16(18,19)12-4-2-5-13(10-12)20-15(22)8-7-11-3-1-6-14(9-11)21(23)24/h1-10H,(H,20,22). The molecule has 0 saturated carbocycles. The van der Waals surface area contributed by atoms with Gasteiger partial charge in [-0.3, -0.25) is 14.9 Å². The summed E-state index contributed by atoms with van der Waals surface area (Å²) < 4.78 is 37.8. The molecule has 0 fully saturated rings. The van der Waals surface area contributed by atoms with Crippen LogP contribution < -0.4 is 5.32 Å². The maximum absolute atomic E-state index is 12.6.